The molecule has 1 saturated heterocycles. The quantitative estimate of drug-likeness (QED) is 0.827. The number of aryl methyl sites for hydroxylation is 1. The molecule has 0 radical (unpaired) electrons. The van der Waals surface area contributed by atoms with Crippen LogP contribution in [0.4, 0.5) is 5.69 Å². The molecule has 0 atom stereocenters. The highest BCUT2D eigenvalue weighted by molar-refractivity contribution is 8.00. The first kappa shape index (κ1) is 17.5. The van der Waals surface area contributed by atoms with Gasteiger partial charge in [0.25, 0.3) is 5.91 Å². The smallest absolute Gasteiger partial charge is 0.255 e. The van der Waals surface area contributed by atoms with E-state index >= 15 is 0 Å². The second-order valence-electron chi connectivity index (χ2n) is 6.19. The van der Waals surface area contributed by atoms with Crippen molar-refractivity contribution in [3.05, 3.63) is 59.7 Å². The third-order valence-electron chi connectivity index (χ3n) is 4.22. The molecular weight excluding hydrogens is 332 g/mol. The molecule has 4 nitrogen and oxygen atoms in total. The van der Waals surface area contributed by atoms with Crippen molar-refractivity contribution in [2.45, 2.75) is 24.7 Å². The molecule has 1 aliphatic rings. The minimum Gasteiger partial charge on any atom is -0.339 e. The molecule has 130 valence electrons. The SMILES string of the molecule is Cc1ccc(SCC(=O)Nc2ccccc2C(=O)N2CCCC2)cc1. The number of carbonyl (C=O) groups is 2. The zero-order chi connectivity index (χ0) is 17.6. The van der Waals surface area contributed by atoms with E-state index in [0.29, 0.717) is 17.0 Å². The van der Waals surface area contributed by atoms with Gasteiger partial charge < -0.3 is 10.2 Å². The van der Waals surface area contributed by atoms with Crippen molar-refractivity contribution in [1.82, 2.24) is 4.90 Å². The third kappa shape index (κ3) is 4.63. The average molecular weight is 354 g/mol. The largest absolute Gasteiger partial charge is 0.339 e. The van der Waals surface area contributed by atoms with Crippen LogP contribution in [0, 0.1) is 6.92 Å². The summed E-state index contributed by atoms with van der Waals surface area (Å²) < 4.78 is 0. The summed E-state index contributed by atoms with van der Waals surface area (Å²) in [7, 11) is 0. The van der Waals surface area contributed by atoms with E-state index in [0.717, 1.165) is 30.8 Å². The van der Waals surface area contributed by atoms with Crippen LogP contribution in [0.1, 0.15) is 28.8 Å². The van der Waals surface area contributed by atoms with Crippen molar-refractivity contribution in [3.8, 4) is 0 Å². The molecule has 2 amide bonds. The molecule has 0 unspecified atom stereocenters. The Hall–Kier alpha value is -2.27. The molecule has 0 bridgehead atoms. The Balaban J connectivity index is 1.62. The van der Waals surface area contributed by atoms with E-state index in [-0.39, 0.29) is 11.8 Å². The van der Waals surface area contributed by atoms with Crippen molar-refractivity contribution in [1.29, 1.82) is 0 Å². The van der Waals surface area contributed by atoms with E-state index in [1.807, 2.05) is 48.2 Å². The summed E-state index contributed by atoms with van der Waals surface area (Å²) in [5.41, 5.74) is 2.36. The molecular formula is C20H22N2O2S. The number of carbonyl (C=O) groups excluding carboxylic acids is 2. The number of nitrogens with zero attached hydrogens (tertiary/aromatic N) is 1. The van der Waals surface area contributed by atoms with E-state index in [1.54, 1.807) is 12.1 Å². The number of likely N-dealkylation sites (tertiary alicyclic amines) is 1. The number of thioether (sulfide) groups is 1. The van der Waals surface area contributed by atoms with E-state index in [9.17, 15) is 9.59 Å². The number of amides is 2. The number of benzene rings is 2. The van der Waals surface area contributed by atoms with Crippen LogP contribution in [0.5, 0.6) is 0 Å². The molecule has 1 aliphatic heterocycles. The molecule has 0 spiro atoms. The second-order valence-corrected chi connectivity index (χ2v) is 7.24. The Morgan fingerprint density at radius 3 is 2.44 bits per heavy atom. The summed E-state index contributed by atoms with van der Waals surface area (Å²) >= 11 is 1.49. The fraction of sp³-hybridized carbons (Fsp3) is 0.300. The lowest BCUT2D eigenvalue weighted by atomic mass is 10.1. The Labute approximate surface area is 152 Å². The van der Waals surface area contributed by atoms with Gasteiger partial charge in [0.15, 0.2) is 0 Å². The fourth-order valence-electron chi connectivity index (χ4n) is 2.84. The normalized spacial score (nSPS) is 13.7. The van der Waals surface area contributed by atoms with Crippen molar-refractivity contribution < 1.29 is 9.59 Å². The lowest BCUT2D eigenvalue weighted by Gasteiger charge is -2.18. The van der Waals surface area contributed by atoms with Crippen LogP contribution in [0.2, 0.25) is 0 Å². The average Bonchev–Trinajstić information content (AvgIpc) is 3.16. The lowest BCUT2D eigenvalue weighted by molar-refractivity contribution is -0.113. The van der Waals surface area contributed by atoms with Gasteiger partial charge in [-0.3, -0.25) is 9.59 Å². The fourth-order valence-corrected chi connectivity index (χ4v) is 3.54. The number of rotatable bonds is 5. The van der Waals surface area contributed by atoms with Crippen LogP contribution in [-0.4, -0.2) is 35.6 Å². The third-order valence-corrected chi connectivity index (χ3v) is 5.23. The summed E-state index contributed by atoms with van der Waals surface area (Å²) in [5, 5.41) is 2.89. The maximum absolute atomic E-state index is 12.6. The predicted octanol–water partition coefficient (Wildman–Crippen LogP) is 3.96. The van der Waals surface area contributed by atoms with Crippen molar-refractivity contribution in [2.24, 2.45) is 0 Å². The summed E-state index contributed by atoms with van der Waals surface area (Å²) in [6, 6.07) is 15.3. The van der Waals surface area contributed by atoms with Gasteiger partial charge in [-0.25, -0.2) is 0 Å². The first-order valence-electron chi connectivity index (χ1n) is 8.51. The summed E-state index contributed by atoms with van der Waals surface area (Å²) in [5.74, 6) is 0.210. The van der Waals surface area contributed by atoms with E-state index in [2.05, 4.69) is 5.32 Å². The van der Waals surface area contributed by atoms with Gasteiger partial charge in [0.05, 0.1) is 17.0 Å². The lowest BCUT2D eigenvalue weighted by Crippen LogP contribution is -2.29. The number of para-hydroxylation sites is 1. The van der Waals surface area contributed by atoms with Crippen LogP contribution in [0.25, 0.3) is 0 Å². The molecule has 3 rings (SSSR count). The number of anilines is 1. The van der Waals surface area contributed by atoms with Gasteiger partial charge in [0, 0.05) is 18.0 Å². The van der Waals surface area contributed by atoms with Crippen LogP contribution >= 0.6 is 11.8 Å². The Kier molecular flexibility index (Phi) is 5.76. The second kappa shape index (κ2) is 8.21. The predicted molar refractivity (Wildman–Crippen MR) is 102 cm³/mol. The van der Waals surface area contributed by atoms with E-state index < -0.39 is 0 Å². The van der Waals surface area contributed by atoms with Crippen LogP contribution in [-0.2, 0) is 4.79 Å². The molecule has 25 heavy (non-hydrogen) atoms. The maximum Gasteiger partial charge on any atom is 0.255 e. The maximum atomic E-state index is 12.6. The van der Waals surface area contributed by atoms with Crippen molar-refractivity contribution >= 4 is 29.3 Å². The Bertz CT molecular complexity index is 753. The highest BCUT2D eigenvalue weighted by Gasteiger charge is 2.22. The molecule has 0 aliphatic carbocycles. The van der Waals surface area contributed by atoms with Crippen molar-refractivity contribution in [3.63, 3.8) is 0 Å². The van der Waals surface area contributed by atoms with Gasteiger partial charge in [0.2, 0.25) is 5.91 Å². The molecule has 1 fully saturated rings. The van der Waals surface area contributed by atoms with Crippen LogP contribution in [0.15, 0.2) is 53.4 Å². The van der Waals surface area contributed by atoms with Crippen LogP contribution < -0.4 is 5.32 Å². The molecule has 0 saturated carbocycles. The minimum atomic E-state index is -0.104. The highest BCUT2D eigenvalue weighted by Crippen LogP contribution is 2.22. The van der Waals surface area contributed by atoms with Gasteiger partial charge in [-0.05, 0) is 44.0 Å². The Morgan fingerprint density at radius 1 is 1.04 bits per heavy atom. The van der Waals surface area contributed by atoms with Gasteiger partial charge in [-0.2, -0.15) is 0 Å². The Morgan fingerprint density at radius 2 is 1.72 bits per heavy atom. The first-order valence-corrected chi connectivity index (χ1v) is 9.49. The highest BCUT2D eigenvalue weighted by atomic mass is 32.2. The first-order chi connectivity index (χ1) is 12.1. The zero-order valence-electron chi connectivity index (χ0n) is 14.3. The van der Waals surface area contributed by atoms with Gasteiger partial charge in [-0.1, -0.05) is 29.8 Å². The summed E-state index contributed by atoms with van der Waals surface area (Å²) in [6.45, 7) is 3.63. The molecule has 1 N–H and O–H groups in total. The molecule has 1 heterocycles. The van der Waals surface area contributed by atoms with Gasteiger partial charge in [-0.15, -0.1) is 11.8 Å². The number of nitrogens with one attached hydrogen (secondary N) is 1. The minimum absolute atomic E-state index is 0.000382. The van der Waals surface area contributed by atoms with E-state index in [1.165, 1.54) is 17.3 Å². The summed E-state index contributed by atoms with van der Waals surface area (Å²) in [4.78, 5) is 27.8. The molecule has 2 aromatic carbocycles. The van der Waals surface area contributed by atoms with Gasteiger partial charge >= 0.3 is 0 Å². The molecule has 2 aromatic rings. The van der Waals surface area contributed by atoms with Crippen LogP contribution in [0.3, 0.4) is 0 Å². The van der Waals surface area contributed by atoms with Crippen molar-refractivity contribution in [2.75, 3.05) is 24.2 Å². The summed E-state index contributed by atoms with van der Waals surface area (Å²) in [6.07, 6.45) is 2.10. The van der Waals surface area contributed by atoms with Gasteiger partial charge in [0.1, 0.15) is 0 Å². The molecule has 0 aromatic heterocycles. The number of hydrogen-bond acceptors (Lipinski definition) is 3. The standard InChI is InChI=1S/C20H22N2O2S/c1-15-8-10-16(11-9-15)25-14-19(23)21-18-7-3-2-6-17(18)20(24)22-12-4-5-13-22/h2-3,6-11H,4-5,12-14H2,1H3,(H,21,23). The monoisotopic (exact) mass is 354 g/mol. The van der Waals surface area contributed by atoms with E-state index in [4.69, 9.17) is 0 Å². The zero-order valence-corrected chi connectivity index (χ0v) is 15.1. The topological polar surface area (TPSA) is 49.4 Å². The number of hydrogen-bond donors (Lipinski definition) is 1. The molecule has 5 heteroatoms.